The predicted octanol–water partition coefficient (Wildman–Crippen LogP) is 3.90. The van der Waals surface area contributed by atoms with Crippen molar-refractivity contribution in [1.82, 2.24) is 4.57 Å². The Hall–Kier alpha value is -2.76. The van der Waals surface area contributed by atoms with Gasteiger partial charge in [-0.15, -0.1) is 0 Å². The topological polar surface area (TPSA) is 31.2 Å². The zero-order valence-electron chi connectivity index (χ0n) is 11.7. The minimum Gasteiger partial charge on any atom is -0.487 e. The maximum absolute atomic E-state index is 13.0. The van der Waals surface area contributed by atoms with Crippen LogP contribution in [0.5, 0.6) is 5.75 Å². The molecule has 3 aromatic rings. The van der Waals surface area contributed by atoms with E-state index in [4.69, 9.17) is 4.74 Å². The number of aromatic nitrogens is 1. The molecule has 0 radical (unpaired) electrons. The van der Waals surface area contributed by atoms with E-state index >= 15 is 0 Å². The van der Waals surface area contributed by atoms with Gasteiger partial charge in [-0.3, -0.25) is 4.79 Å². The van der Waals surface area contributed by atoms with E-state index in [1.165, 1.54) is 18.3 Å². The van der Waals surface area contributed by atoms with Crippen molar-refractivity contribution in [2.75, 3.05) is 0 Å². The lowest BCUT2D eigenvalue weighted by Crippen LogP contribution is -2.09. The minimum absolute atomic E-state index is 0.173. The molecule has 0 fully saturated rings. The van der Waals surface area contributed by atoms with E-state index < -0.39 is 11.7 Å². The predicted molar refractivity (Wildman–Crippen MR) is 78.9 cm³/mol. The van der Waals surface area contributed by atoms with Crippen molar-refractivity contribution in [3.63, 3.8) is 0 Å². The molecule has 1 aliphatic rings. The van der Waals surface area contributed by atoms with Gasteiger partial charge in [0, 0.05) is 23.2 Å². The molecule has 23 heavy (non-hydrogen) atoms. The molecule has 2 aromatic carbocycles. The van der Waals surface area contributed by atoms with Gasteiger partial charge in [0.05, 0.1) is 16.8 Å². The number of hydrogen-bond acceptors (Lipinski definition) is 2. The molecule has 0 bridgehead atoms. The maximum atomic E-state index is 13.0. The lowest BCUT2D eigenvalue weighted by Gasteiger charge is -2.14. The van der Waals surface area contributed by atoms with E-state index in [0.29, 0.717) is 16.7 Å². The van der Waals surface area contributed by atoms with Gasteiger partial charge in [0.25, 0.3) is 0 Å². The van der Waals surface area contributed by atoms with Crippen molar-refractivity contribution in [1.29, 1.82) is 0 Å². The van der Waals surface area contributed by atoms with Crippen LogP contribution in [0.1, 0.15) is 11.1 Å². The lowest BCUT2D eigenvalue weighted by molar-refractivity contribution is -0.137. The SMILES string of the molecule is O=c1ccn2c3c(cccc13)COc1ccc(C(F)(F)F)cc1-2. The van der Waals surface area contributed by atoms with E-state index in [1.54, 1.807) is 22.8 Å². The quantitative estimate of drug-likeness (QED) is 0.629. The van der Waals surface area contributed by atoms with Crippen LogP contribution in [0.4, 0.5) is 13.2 Å². The second kappa shape index (κ2) is 4.62. The maximum Gasteiger partial charge on any atom is 0.416 e. The van der Waals surface area contributed by atoms with E-state index in [1.807, 2.05) is 0 Å². The Bertz CT molecular complexity index is 989. The van der Waals surface area contributed by atoms with Gasteiger partial charge >= 0.3 is 6.18 Å². The molecule has 0 unspecified atom stereocenters. The largest absolute Gasteiger partial charge is 0.487 e. The first-order valence-electron chi connectivity index (χ1n) is 6.93. The van der Waals surface area contributed by atoms with Crippen molar-refractivity contribution >= 4 is 10.9 Å². The zero-order chi connectivity index (χ0) is 16.2. The zero-order valence-corrected chi connectivity index (χ0v) is 11.7. The molecule has 2 heterocycles. The number of pyridine rings is 1. The van der Waals surface area contributed by atoms with Crippen molar-refractivity contribution < 1.29 is 17.9 Å². The summed E-state index contributed by atoms with van der Waals surface area (Å²) in [5, 5.41) is 0.457. The third-order valence-electron chi connectivity index (χ3n) is 3.93. The molecule has 0 aliphatic carbocycles. The van der Waals surface area contributed by atoms with Gasteiger partial charge in [-0.25, -0.2) is 0 Å². The van der Waals surface area contributed by atoms with Crippen molar-refractivity contribution in [3.05, 3.63) is 70.0 Å². The van der Waals surface area contributed by atoms with Gasteiger partial charge in [-0.2, -0.15) is 13.2 Å². The second-order valence-corrected chi connectivity index (χ2v) is 5.33. The number of halogens is 3. The molecule has 116 valence electrons. The van der Waals surface area contributed by atoms with E-state index in [2.05, 4.69) is 0 Å². The molecular weight excluding hydrogens is 307 g/mol. The Balaban J connectivity index is 2.10. The standard InChI is InChI=1S/C17H10F3NO2/c18-17(19,20)11-4-5-15-13(8-11)21-7-6-14(22)12-3-1-2-10(9-23-15)16(12)21/h1-8H,9H2. The van der Waals surface area contributed by atoms with Crippen LogP contribution in [0.15, 0.2) is 53.5 Å². The summed E-state index contributed by atoms with van der Waals surface area (Å²) < 4.78 is 46.3. The highest BCUT2D eigenvalue weighted by Crippen LogP contribution is 2.37. The highest BCUT2D eigenvalue weighted by atomic mass is 19.4. The molecule has 1 aliphatic heterocycles. The number of ether oxygens (including phenoxy) is 1. The Kier molecular flexibility index (Phi) is 2.78. The monoisotopic (exact) mass is 317 g/mol. The Morgan fingerprint density at radius 1 is 1.09 bits per heavy atom. The lowest BCUT2D eigenvalue weighted by atomic mass is 10.1. The minimum atomic E-state index is -4.45. The van der Waals surface area contributed by atoms with Gasteiger partial charge in [0.15, 0.2) is 5.43 Å². The first-order chi connectivity index (χ1) is 10.9. The molecular formula is C17H10F3NO2. The van der Waals surface area contributed by atoms with Crippen LogP contribution in [0.2, 0.25) is 0 Å². The van der Waals surface area contributed by atoms with Crippen LogP contribution < -0.4 is 10.2 Å². The van der Waals surface area contributed by atoms with E-state index in [9.17, 15) is 18.0 Å². The van der Waals surface area contributed by atoms with Crippen LogP contribution in [0.25, 0.3) is 16.6 Å². The number of benzene rings is 2. The van der Waals surface area contributed by atoms with E-state index in [-0.39, 0.29) is 17.7 Å². The molecule has 6 heteroatoms. The number of hydrogen-bond donors (Lipinski definition) is 0. The van der Waals surface area contributed by atoms with Crippen molar-refractivity contribution in [2.45, 2.75) is 12.8 Å². The fourth-order valence-electron chi connectivity index (χ4n) is 2.86. The fourth-order valence-corrected chi connectivity index (χ4v) is 2.86. The molecule has 3 nitrogen and oxygen atoms in total. The van der Waals surface area contributed by atoms with Crippen LogP contribution in [-0.4, -0.2) is 4.57 Å². The number of alkyl halides is 3. The third kappa shape index (κ3) is 2.10. The van der Waals surface area contributed by atoms with E-state index in [0.717, 1.165) is 17.7 Å². The molecule has 4 rings (SSSR count). The summed E-state index contributed by atoms with van der Waals surface area (Å²) in [6.45, 7) is 0.194. The highest BCUT2D eigenvalue weighted by Gasteiger charge is 2.32. The summed E-state index contributed by atoms with van der Waals surface area (Å²) in [6, 6.07) is 9.90. The van der Waals surface area contributed by atoms with Gasteiger partial charge in [-0.05, 0) is 24.3 Å². The first-order valence-corrected chi connectivity index (χ1v) is 6.93. The summed E-state index contributed by atoms with van der Waals surface area (Å²) in [5.41, 5.74) is 0.678. The molecule has 0 N–H and O–H groups in total. The summed E-state index contributed by atoms with van der Waals surface area (Å²) in [5.74, 6) is 0.346. The fraction of sp³-hybridized carbons (Fsp3) is 0.118. The highest BCUT2D eigenvalue weighted by molar-refractivity contribution is 5.84. The molecule has 0 saturated heterocycles. The van der Waals surface area contributed by atoms with Crippen molar-refractivity contribution in [3.8, 4) is 11.4 Å². The van der Waals surface area contributed by atoms with Gasteiger partial charge < -0.3 is 9.30 Å². The smallest absolute Gasteiger partial charge is 0.416 e. The summed E-state index contributed by atoms with van der Waals surface area (Å²) in [4.78, 5) is 12.0. The molecule has 1 aromatic heterocycles. The third-order valence-corrected chi connectivity index (χ3v) is 3.93. The normalized spacial score (nSPS) is 13.3. The second-order valence-electron chi connectivity index (χ2n) is 5.33. The summed E-state index contributed by atoms with van der Waals surface area (Å²) in [6.07, 6.45) is -2.96. The van der Waals surface area contributed by atoms with Crippen LogP contribution in [0, 0.1) is 0 Å². The Labute approximate surface area is 128 Å². The van der Waals surface area contributed by atoms with Gasteiger partial charge in [0.2, 0.25) is 0 Å². The van der Waals surface area contributed by atoms with Crippen LogP contribution in [0.3, 0.4) is 0 Å². The average Bonchev–Trinajstić information content (AvgIpc) is 2.68. The summed E-state index contributed by atoms with van der Waals surface area (Å²) in [7, 11) is 0. The van der Waals surface area contributed by atoms with Crippen LogP contribution >= 0.6 is 0 Å². The number of nitrogens with zero attached hydrogens (tertiary/aromatic N) is 1. The molecule has 0 amide bonds. The molecule has 0 saturated carbocycles. The Morgan fingerprint density at radius 3 is 2.70 bits per heavy atom. The average molecular weight is 317 g/mol. The van der Waals surface area contributed by atoms with Gasteiger partial charge in [-0.1, -0.05) is 12.1 Å². The number of para-hydroxylation sites is 1. The summed E-state index contributed by atoms with van der Waals surface area (Å²) >= 11 is 0. The number of fused-ring (bicyclic) bond motifs is 2. The molecule has 0 spiro atoms. The Morgan fingerprint density at radius 2 is 1.91 bits per heavy atom. The van der Waals surface area contributed by atoms with Crippen molar-refractivity contribution in [2.24, 2.45) is 0 Å². The van der Waals surface area contributed by atoms with Gasteiger partial charge in [0.1, 0.15) is 12.4 Å². The molecule has 0 atom stereocenters. The number of rotatable bonds is 0. The van der Waals surface area contributed by atoms with Crippen LogP contribution in [-0.2, 0) is 12.8 Å². The first kappa shape index (κ1) is 13.9.